The molecule has 32 heavy (non-hydrogen) atoms. The average molecular weight is 438 g/mol. The van der Waals surface area contributed by atoms with Gasteiger partial charge in [-0.15, -0.1) is 0 Å². The fourth-order valence-corrected chi connectivity index (χ4v) is 4.04. The van der Waals surface area contributed by atoms with E-state index in [0.717, 1.165) is 11.3 Å². The molecule has 3 aromatic rings. The fraction of sp³-hybridized carbons (Fsp3) is 0.391. The Morgan fingerprint density at radius 1 is 1.12 bits per heavy atom. The average Bonchev–Trinajstić information content (AvgIpc) is 2.97. The molecule has 1 aromatic carbocycles. The fourth-order valence-electron chi connectivity index (χ4n) is 4.04. The first-order valence-electron chi connectivity index (χ1n) is 10.6. The van der Waals surface area contributed by atoms with E-state index >= 15 is 0 Å². The molecule has 3 heterocycles. The molecule has 1 N–H and O–H groups in total. The van der Waals surface area contributed by atoms with E-state index in [1.54, 1.807) is 18.9 Å². The SMILES string of the molecule is COc1ccc(CCC(=O)N2CCCN(C(=O)c3c(C)oc4nc[nH]c(=O)c34)CC2)cc1. The molecular formula is C23H26N4O5. The summed E-state index contributed by atoms with van der Waals surface area (Å²) in [6, 6.07) is 7.70. The van der Waals surface area contributed by atoms with Gasteiger partial charge in [-0.3, -0.25) is 14.4 Å². The zero-order valence-electron chi connectivity index (χ0n) is 18.2. The molecule has 1 aliphatic rings. The van der Waals surface area contributed by atoms with Gasteiger partial charge < -0.3 is 23.9 Å². The van der Waals surface area contributed by atoms with Crippen molar-refractivity contribution in [2.24, 2.45) is 0 Å². The molecule has 4 rings (SSSR count). The molecule has 0 atom stereocenters. The topological polar surface area (TPSA) is 109 Å². The number of carbonyl (C=O) groups is 2. The van der Waals surface area contributed by atoms with E-state index in [4.69, 9.17) is 9.15 Å². The number of hydrogen-bond donors (Lipinski definition) is 1. The highest BCUT2D eigenvalue weighted by molar-refractivity contribution is 6.06. The molecule has 2 aromatic heterocycles. The molecule has 0 spiro atoms. The van der Waals surface area contributed by atoms with Gasteiger partial charge in [-0.05, 0) is 37.5 Å². The number of fused-ring (bicyclic) bond motifs is 1. The molecule has 0 bridgehead atoms. The molecule has 0 saturated carbocycles. The van der Waals surface area contributed by atoms with Gasteiger partial charge in [0.2, 0.25) is 11.6 Å². The summed E-state index contributed by atoms with van der Waals surface area (Å²) in [5.74, 6) is 0.953. The predicted molar refractivity (Wildman–Crippen MR) is 118 cm³/mol. The lowest BCUT2D eigenvalue weighted by Crippen LogP contribution is -2.37. The van der Waals surface area contributed by atoms with Crippen molar-refractivity contribution in [2.45, 2.75) is 26.2 Å². The van der Waals surface area contributed by atoms with Crippen LogP contribution >= 0.6 is 0 Å². The minimum absolute atomic E-state index is 0.0701. The third-order valence-corrected chi connectivity index (χ3v) is 5.81. The molecule has 2 amide bonds. The number of carbonyl (C=O) groups excluding carboxylic acids is 2. The number of rotatable bonds is 5. The molecule has 9 heteroatoms. The number of nitrogens with zero attached hydrogens (tertiary/aromatic N) is 3. The number of amides is 2. The van der Waals surface area contributed by atoms with Gasteiger partial charge in [-0.2, -0.15) is 0 Å². The summed E-state index contributed by atoms with van der Waals surface area (Å²) in [6.07, 6.45) is 2.98. The number of aromatic amines is 1. The van der Waals surface area contributed by atoms with Gasteiger partial charge in [0, 0.05) is 32.6 Å². The van der Waals surface area contributed by atoms with Crippen LogP contribution in [0.3, 0.4) is 0 Å². The van der Waals surface area contributed by atoms with E-state index < -0.39 is 5.56 Å². The predicted octanol–water partition coefficient (Wildman–Crippen LogP) is 2.14. The van der Waals surface area contributed by atoms with Crippen molar-refractivity contribution < 1.29 is 18.7 Å². The van der Waals surface area contributed by atoms with Crippen LogP contribution < -0.4 is 10.3 Å². The second-order valence-electron chi connectivity index (χ2n) is 7.82. The van der Waals surface area contributed by atoms with Crippen LogP contribution in [0.2, 0.25) is 0 Å². The first-order valence-corrected chi connectivity index (χ1v) is 10.6. The van der Waals surface area contributed by atoms with Gasteiger partial charge in [-0.1, -0.05) is 12.1 Å². The third kappa shape index (κ3) is 4.37. The van der Waals surface area contributed by atoms with E-state index in [1.807, 2.05) is 29.2 Å². The first kappa shape index (κ1) is 21.6. The minimum atomic E-state index is -0.402. The second-order valence-corrected chi connectivity index (χ2v) is 7.82. The van der Waals surface area contributed by atoms with Crippen molar-refractivity contribution in [3.8, 4) is 5.75 Å². The number of methoxy groups -OCH3 is 1. The Labute approximate surface area is 185 Å². The van der Waals surface area contributed by atoms with Crippen molar-refractivity contribution in [2.75, 3.05) is 33.3 Å². The van der Waals surface area contributed by atoms with Gasteiger partial charge in [-0.25, -0.2) is 4.98 Å². The molecule has 0 aliphatic carbocycles. The van der Waals surface area contributed by atoms with Crippen molar-refractivity contribution in [3.63, 3.8) is 0 Å². The molecule has 168 valence electrons. The minimum Gasteiger partial charge on any atom is -0.497 e. The zero-order chi connectivity index (χ0) is 22.7. The lowest BCUT2D eigenvalue weighted by atomic mass is 10.1. The maximum absolute atomic E-state index is 13.2. The van der Waals surface area contributed by atoms with Crippen molar-refractivity contribution >= 4 is 22.9 Å². The Morgan fingerprint density at radius 2 is 1.84 bits per heavy atom. The largest absolute Gasteiger partial charge is 0.497 e. The van der Waals surface area contributed by atoms with Crippen LogP contribution in [0.5, 0.6) is 5.75 Å². The molecular weight excluding hydrogens is 412 g/mol. The molecule has 0 radical (unpaired) electrons. The van der Waals surface area contributed by atoms with Crippen LogP contribution in [0.15, 0.2) is 39.8 Å². The number of aromatic nitrogens is 2. The van der Waals surface area contributed by atoms with Crippen LogP contribution in [0.4, 0.5) is 0 Å². The summed E-state index contributed by atoms with van der Waals surface area (Å²) in [5.41, 5.74) is 1.07. The third-order valence-electron chi connectivity index (χ3n) is 5.81. The number of furan rings is 1. The molecule has 1 saturated heterocycles. The normalized spacial score (nSPS) is 14.4. The highest BCUT2D eigenvalue weighted by atomic mass is 16.5. The van der Waals surface area contributed by atoms with E-state index in [2.05, 4.69) is 9.97 Å². The van der Waals surface area contributed by atoms with E-state index in [0.29, 0.717) is 51.2 Å². The Bertz CT molecular complexity index is 1180. The van der Waals surface area contributed by atoms with Crippen LogP contribution in [0.25, 0.3) is 11.1 Å². The maximum Gasteiger partial charge on any atom is 0.262 e. The van der Waals surface area contributed by atoms with Gasteiger partial charge >= 0.3 is 0 Å². The lowest BCUT2D eigenvalue weighted by Gasteiger charge is -2.22. The summed E-state index contributed by atoms with van der Waals surface area (Å²) < 4.78 is 10.7. The Morgan fingerprint density at radius 3 is 2.59 bits per heavy atom. The first-order chi connectivity index (χ1) is 15.5. The highest BCUT2D eigenvalue weighted by Gasteiger charge is 2.28. The Kier molecular flexibility index (Phi) is 6.25. The van der Waals surface area contributed by atoms with Gasteiger partial charge in [0.25, 0.3) is 11.5 Å². The van der Waals surface area contributed by atoms with Gasteiger partial charge in [0.1, 0.15) is 16.9 Å². The summed E-state index contributed by atoms with van der Waals surface area (Å²) in [4.78, 5) is 48.2. The monoisotopic (exact) mass is 438 g/mol. The quantitative estimate of drug-likeness (QED) is 0.654. The van der Waals surface area contributed by atoms with Gasteiger partial charge in [0.05, 0.1) is 19.0 Å². The summed E-state index contributed by atoms with van der Waals surface area (Å²) in [6.45, 7) is 3.61. The maximum atomic E-state index is 13.2. The van der Waals surface area contributed by atoms with Crippen molar-refractivity contribution in [3.05, 3.63) is 57.8 Å². The number of nitrogens with one attached hydrogen (secondary N) is 1. The molecule has 0 unspecified atom stereocenters. The summed E-state index contributed by atoms with van der Waals surface area (Å²) in [5, 5.41) is 0.173. The van der Waals surface area contributed by atoms with Gasteiger partial charge in [0.15, 0.2) is 0 Å². The lowest BCUT2D eigenvalue weighted by molar-refractivity contribution is -0.131. The smallest absolute Gasteiger partial charge is 0.262 e. The van der Waals surface area contributed by atoms with Crippen molar-refractivity contribution in [1.29, 1.82) is 0 Å². The zero-order valence-corrected chi connectivity index (χ0v) is 18.2. The number of ether oxygens (including phenoxy) is 1. The number of hydrogen-bond acceptors (Lipinski definition) is 6. The van der Waals surface area contributed by atoms with Crippen LogP contribution in [-0.2, 0) is 11.2 Å². The van der Waals surface area contributed by atoms with Crippen LogP contribution in [0, 0.1) is 6.92 Å². The molecule has 9 nitrogen and oxygen atoms in total. The number of aryl methyl sites for hydroxylation is 2. The molecule has 1 aliphatic heterocycles. The Hall–Kier alpha value is -3.62. The molecule has 1 fully saturated rings. The number of benzene rings is 1. The highest BCUT2D eigenvalue weighted by Crippen LogP contribution is 2.23. The second kappa shape index (κ2) is 9.25. The van der Waals surface area contributed by atoms with E-state index in [-0.39, 0.29) is 28.5 Å². The number of H-pyrrole nitrogens is 1. The van der Waals surface area contributed by atoms with Crippen LogP contribution in [-0.4, -0.2) is 64.9 Å². The summed E-state index contributed by atoms with van der Waals surface area (Å²) in [7, 11) is 1.62. The van der Waals surface area contributed by atoms with Crippen molar-refractivity contribution in [1.82, 2.24) is 19.8 Å². The van der Waals surface area contributed by atoms with E-state index in [1.165, 1.54) is 6.33 Å². The Balaban J connectivity index is 1.39. The van der Waals surface area contributed by atoms with Crippen LogP contribution in [0.1, 0.15) is 34.5 Å². The summed E-state index contributed by atoms with van der Waals surface area (Å²) >= 11 is 0. The van der Waals surface area contributed by atoms with E-state index in [9.17, 15) is 14.4 Å². The standard InChI is InChI=1S/C23H26N4O5/c1-15-19(20-21(29)24-14-25-22(20)32-15)23(30)27-11-3-10-26(12-13-27)18(28)9-6-16-4-7-17(31-2)8-5-16/h4-5,7-8,14H,3,6,9-13H2,1-2H3,(H,24,25,29).